The Kier molecular flexibility index (Phi) is 8.85. The lowest BCUT2D eigenvalue weighted by molar-refractivity contribution is 0.305. The zero-order valence-electron chi connectivity index (χ0n) is 20.8. The highest BCUT2D eigenvalue weighted by Crippen LogP contribution is 2.24. The van der Waals surface area contributed by atoms with Gasteiger partial charge in [0.15, 0.2) is 0 Å². The van der Waals surface area contributed by atoms with Crippen molar-refractivity contribution in [3.63, 3.8) is 0 Å². The molecular formula is C33H34O2. The molecule has 178 valence electrons. The molecule has 0 bridgehead atoms. The Morgan fingerprint density at radius 1 is 0.514 bits per heavy atom. The third-order valence-corrected chi connectivity index (χ3v) is 5.97. The number of unbranched alkanes of at least 4 members (excludes halogenated alkanes) is 3. The van der Waals surface area contributed by atoms with E-state index in [0.29, 0.717) is 0 Å². The zero-order valence-corrected chi connectivity index (χ0v) is 20.8. The highest BCUT2D eigenvalue weighted by Gasteiger charge is 2.01. The summed E-state index contributed by atoms with van der Waals surface area (Å²) < 4.78 is 11.6. The molecule has 0 atom stereocenters. The predicted molar refractivity (Wildman–Crippen MR) is 147 cm³/mol. The first-order valence-corrected chi connectivity index (χ1v) is 12.8. The molecule has 0 spiro atoms. The number of ether oxygens (including phenoxy) is 2. The minimum absolute atomic E-state index is 0.743. The molecule has 4 aromatic rings. The van der Waals surface area contributed by atoms with Gasteiger partial charge in [0, 0.05) is 11.1 Å². The Hall–Kier alpha value is -3.70. The van der Waals surface area contributed by atoms with Crippen molar-refractivity contribution in [1.82, 2.24) is 0 Å². The maximum absolute atomic E-state index is 5.86. The van der Waals surface area contributed by atoms with Crippen LogP contribution in [-0.4, -0.2) is 13.2 Å². The summed E-state index contributed by atoms with van der Waals surface area (Å²) in [5.74, 6) is 8.46. The highest BCUT2D eigenvalue weighted by molar-refractivity contribution is 5.85. The van der Waals surface area contributed by atoms with Crippen molar-refractivity contribution in [2.75, 3.05) is 13.2 Å². The fourth-order valence-electron chi connectivity index (χ4n) is 3.96. The molecule has 0 amide bonds. The maximum atomic E-state index is 5.86. The maximum Gasteiger partial charge on any atom is 0.119 e. The molecule has 0 saturated carbocycles. The fourth-order valence-corrected chi connectivity index (χ4v) is 3.96. The standard InChI is InChI=1S/C33H34O2/c1-3-5-6-7-23-35-32-19-16-29(17-20-32)28-13-10-26(11-14-28)8-9-27-12-15-31-25-33(34-22-4-2)21-18-30(31)24-27/h10-21,24-25H,3-7,22-23H2,1-2H3. The molecule has 2 heteroatoms. The Bertz CT molecular complexity index is 1270. The summed E-state index contributed by atoms with van der Waals surface area (Å²) in [5.41, 5.74) is 4.37. The largest absolute Gasteiger partial charge is 0.494 e. The summed E-state index contributed by atoms with van der Waals surface area (Å²) in [6.45, 7) is 5.87. The molecule has 0 fully saturated rings. The molecule has 4 rings (SSSR count). The summed E-state index contributed by atoms with van der Waals surface area (Å²) in [7, 11) is 0. The van der Waals surface area contributed by atoms with Gasteiger partial charge in [-0.3, -0.25) is 0 Å². The average molecular weight is 463 g/mol. The van der Waals surface area contributed by atoms with Crippen LogP contribution in [0.5, 0.6) is 11.5 Å². The first-order chi connectivity index (χ1) is 17.2. The van der Waals surface area contributed by atoms with Crippen molar-refractivity contribution in [2.24, 2.45) is 0 Å². The molecule has 0 aliphatic rings. The van der Waals surface area contributed by atoms with E-state index in [1.54, 1.807) is 0 Å². The summed E-state index contributed by atoms with van der Waals surface area (Å²) in [5, 5.41) is 2.34. The van der Waals surface area contributed by atoms with Crippen LogP contribution < -0.4 is 9.47 Å². The smallest absolute Gasteiger partial charge is 0.119 e. The van der Waals surface area contributed by atoms with E-state index in [2.05, 4.69) is 105 Å². The lowest BCUT2D eigenvalue weighted by Crippen LogP contribution is -1.96. The predicted octanol–water partition coefficient (Wildman–Crippen LogP) is 8.65. The Balaban J connectivity index is 1.37. The van der Waals surface area contributed by atoms with Crippen LogP contribution >= 0.6 is 0 Å². The third kappa shape index (κ3) is 7.14. The van der Waals surface area contributed by atoms with Gasteiger partial charge in [0.25, 0.3) is 0 Å². The van der Waals surface area contributed by atoms with Crippen molar-refractivity contribution >= 4 is 10.8 Å². The van der Waals surface area contributed by atoms with Gasteiger partial charge in [0.1, 0.15) is 11.5 Å². The molecular weight excluding hydrogens is 428 g/mol. The SMILES string of the molecule is CCCCCCOc1ccc(-c2ccc(C#Cc3ccc4cc(OCCC)ccc4c3)cc2)cc1. The van der Waals surface area contributed by atoms with Crippen LogP contribution in [0.1, 0.15) is 57.1 Å². The number of hydrogen-bond donors (Lipinski definition) is 0. The topological polar surface area (TPSA) is 18.5 Å². The van der Waals surface area contributed by atoms with Gasteiger partial charge >= 0.3 is 0 Å². The summed E-state index contributed by atoms with van der Waals surface area (Å²) in [6, 6.07) is 29.3. The molecule has 0 unspecified atom stereocenters. The van der Waals surface area contributed by atoms with Gasteiger partial charge in [-0.1, -0.05) is 81.3 Å². The first kappa shape index (κ1) is 24.4. The third-order valence-electron chi connectivity index (χ3n) is 5.97. The van der Waals surface area contributed by atoms with E-state index < -0.39 is 0 Å². The van der Waals surface area contributed by atoms with Crippen molar-refractivity contribution in [2.45, 2.75) is 46.0 Å². The van der Waals surface area contributed by atoms with E-state index in [-0.39, 0.29) is 0 Å². The van der Waals surface area contributed by atoms with Crippen molar-refractivity contribution in [3.05, 3.63) is 96.1 Å². The molecule has 0 aliphatic heterocycles. The van der Waals surface area contributed by atoms with Crippen molar-refractivity contribution < 1.29 is 9.47 Å². The van der Waals surface area contributed by atoms with Crippen LogP contribution in [0.4, 0.5) is 0 Å². The summed E-state index contributed by atoms with van der Waals surface area (Å²) in [6.07, 6.45) is 5.89. The van der Waals surface area contributed by atoms with Gasteiger partial charge < -0.3 is 9.47 Å². The summed E-state index contributed by atoms with van der Waals surface area (Å²) in [4.78, 5) is 0. The Morgan fingerprint density at radius 3 is 1.86 bits per heavy atom. The number of fused-ring (bicyclic) bond motifs is 1. The molecule has 35 heavy (non-hydrogen) atoms. The molecule has 0 N–H and O–H groups in total. The van der Waals surface area contributed by atoms with Crippen molar-refractivity contribution in [3.8, 4) is 34.5 Å². The number of hydrogen-bond acceptors (Lipinski definition) is 2. The minimum Gasteiger partial charge on any atom is -0.494 e. The van der Waals surface area contributed by atoms with Crippen LogP contribution in [0.25, 0.3) is 21.9 Å². The first-order valence-electron chi connectivity index (χ1n) is 12.8. The van der Waals surface area contributed by atoms with Gasteiger partial charge in [-0.05, 0) is 83.3 Å². The Labute approximate surface area is 209 Å². The summed E-state index contributed by atoms with van der Waals surface area (Å²) >= 11 is 0. The molecule has 0 heterocycles. The monoisotopic (exact) mass is 462 g/mol. The molecule has 0 radical (unpaired) electrons. The van der Waals surface area contributed by atoms with E-state index in [0.717, 1.165) is 48.7 Å². The second-order valence-electron chi connectivity index (χ2n) is 8.83. The van der Waals surface area contributed by atoms with E-state index in [9.17, 15) is 0 Å². The zero-order chi connectivity index (χ0) is 24.3. The van der Waals surface area contributed by atoms with Gasteiger partial charge in [-0.25, -0.2) is 0 Å². The second-order valence-corrected chi connectivity index (χ2v) is 8.83. The van der Waals surface area contributed by atoms with Crippen LogP contribution in [0, 0.1) is 11.8 Å². The molecule has 0 aliphatic carbocycles. The van der Waals surface area contributed by atoms with Gasteiger partial charge in [-0.15, -0.1) is 0 Å². The molecule has 4 aromatic carbocycles. The normalized spacial score (nSPS) is 10.6. The quantitative estimate of drug-likeness (QED) is 0.173. The van der Waals surface area contributed by atoms with Gasteiger partial charge in [0.05, 0.1) is 13.2 Å². The minimum atomic E-state index is 0.743. The lowest BCUT2D eigenvalue weighted by atomic mass is 10.0. The van der Waals surface area contributed by atoms with E-state index in [1.807, 2.05) is 6.07 Å². The van der Waals surface area contributed by atoms with Crippen LogP contribution in [0.2, 0.25) is 0 Å². The highest BCUT2D eigenvalue weighted by atomic mass is 16.5. The lowest BCUT2D eigenvalue weighted by Gasteiger charge is -2.07. The second kappa shape index (κ2) is 12.7. The molecule has 0 saturated heterocycles. The van der Waals surface area contributed by atoms with E-state index in [4.69, 9.17) is 9.47 Å². The van der Waals surface area contributed by atoms with Crippen LogP contribution in [0.15, 0.2) is 84.9 Å². The van der Waals surface area contributed by atoms with Crippen molar-refractivity contribution in [1.29, 1.82) is 0 Å². The van der Waals surface area contributed by atoms with E-state index in [1.165, 1.54) is 41.2 Å². The van der Waals surface area contributed by atoms with E-state index >= 15 is 0 Å². The molecule has 2 nitrogen and oxygen atoms in total. The number of rotatable bonds is 10. The molecule has 0 aromatic heterocycles. The van der Waals surface area contributed by atoms with Crippen LogP contribution in [0.3, 0.4) is 0 Å². The Morgan fingerprint density at radius 2 is 1.11 bits per heavy atom. The fraction of sp³-hybridized carbons (Fsp3) is 0.273. The number of benzene rings is 4. The van der Waals surface area contributed by atoms with Gasteiger partial charge in [-0.2, -0.15) is 0 Å². The van der Waals surface area contributed by atoms with Gasteiger partial charge in [0.2, 0.25) is 0 Å². The average Bonchev–Trinajstić information content (AvgIpc) is 2.91. The van der Waals surface area contributed by atoms with Crippen LogP contribution in [-0.2, 0) is 0 Å².